The molecule has 0 saturated carbocycles. The van der Waals surface area contributed by atoms with Crippen molar-refractivity contribution in [1.29, 1.82) is 0 Å². The van der Waals surface area contributed by atoms with Crippen LogP contribution in [0, 0.1) is 0 Å². The van der Waals surface area contributed by atoms with Crippen molar-refractivity contribution in [3.8, 4) is 0 Å². The van der Waals surface area contributed by atoms with Crippen molar-refractivity contribution in [3.63, 3.8) is 0 Å². The Morgan fingerprint density at radius 1 is 1.04 bits per heavy atom. The van der Waals surface area contributed by atoms with Gasteiger partial charge in [0, 0.05) is 5.02 Å². The minimum Gasteiger partial charge on any atom is -0.462 e. The van der Waals surface area contributed by atoms with Crippen LogP contribution in [-0.4, -0.2) is 12.6 Å². The Hall–Kier alpha value is -2.32. The first-order valence-corrected chi connectivity index (χ1v) is 7.98. The van der Waals surface area contributed by atoms with Gasteiger partial charge < -0.3 is 4.74 Å². The maximum Gasteiger partial charge on any atom is 0.338 e. The van der Waals surface area contributed by atoms with Gasteiger partial charge in [0.1, 0.15) is 0 Å². The van der Waals surface area contributed by atoms with Gasteiger partial charge >= 0.3 is 5.97 Å². The summed E-state index contributed by atoms with van der Waals surface area (Å²) in [5.41, 5.74) is 2.83. The highest BCUT2D eigenvalue weighted by Gasteiger charge is 2.12. The molecule has 23 heavy (non-hydrogen) atoms. The summed E-state index contributed by atoms with van der Waals surface area (Å²) in [6, 6.07) is 19.7. The lowest BCUT2D eigenvalue weighted by Crippen LogP contribution is -2.05. The molecule has 3 heteroatoms. The Morgan fingerprint density at radius 2 is 1.83 bits per heavy atom. The first-order valence-electron chi connectivity index (χ1n) is 7.60. The predicted octanol–water partition coefficient (Wildman–Crippen LogP) is 5.26. The minimum absolute atomic E-state index is 0.293. The third kappa shape index (κ3) is 3.54. The number of hydrogen-bond acceptors (Lipinski definition) is 2. The molecule has 0 radical (unpaired) electrons. The molecule has 0 bridgehead atoms. The quantitative estimate of drug-likeness (QED) is 0.612. The minimum atomic E-state index is -0.293. The topological polar surface area (TPSA) is 26.3 Å². The molecule has 3 aromatic rings. The van der Waals surface area contributed by atoms with Gasteiger partial charge in [0.05, 0.1) is 12.2 Å². The van der Waals surface area contributed by atoms with Crippen LogP contribution in [0.25, 0.3) is 10.8 Å². The van der Waals surface area contributed by atoms with E-state index in [9.17, 15) is 4.79 Å². The van der Waals surface area contributed by atoms with E-state index in [1.165, 1.54) is 5.56 Å². The fourth-order valence-corrected chi connectivity index (χ4v) is 2.87. The molecule has 0 aliphatic rings. The molecule has 116 valence electrons. The Bertz CT molecular complexity index is 841. The van der Waals surface area contributed by atoms with Crippen molar-refractivity contribution >= 4 is 28.3 Å². The molecule has 0 aliphatic carbocycles. The highest BCUT2D eigenvalue weighted by molar-refractivity contribution is 6.31. The Balaban J connectivity index is 2.12. The van der Waals surface area contributed by atoms with E-state index in [2.05, 4.69) is 12.1 Å². The van der Waals surface area contributed by atoms with Crippen LogP contribution in [0.2, 0.25) is 5.02 Å². The van der Waals surface area contributed by atoms with Crippen LogP contribution in [-0.2, 0) is 11.2 Å². The first-order chi connectivity index (χ1) is 11.2. The number of fused-ring (bicyclic) bond motifs is 1. The maximum atomic E-state index is 12.1. The van der Waals surface area contributed by atoms with E-state index in [4.69, 9.17) is 16.3 Å². The molecule has 2 nitrogen and oxygen atoms in total. The average molecular weight is 325 g/mol. The number of benzene rings is 3. The molecule has 0 aliphatic heterocycles. The van der Waals surface area contributed by atoms with Gasteiger partial charge in [-0.2, -0.15) is 0 Å². The number of rotatable bonds is 4. The lowest BCUT2D eigenvalue weighted by atomic mass is 9.96. The number of hydrogen-bond donors (Lipinski definition) is 0. The van der Waals surface area contributed by atoms with Crippen molar-refractivity contribution in [1.82, 2.24) is 0 Å². The van der Waals surface area contributed by atoms with E-state index in [0.717, 1.165) is 22.8 Å². The predicted molar refractivity (Wildman–Crippen MR) is 94.2 cm³/mol. The largest absolute Gasteiger partial charge is 0.462 e. The summed E-state index contributed by atoms with van der Waals surface area (Å²) in [6.45, 7) is 2.18. The average Bonchev–Trinajstić information content (AvgIpc) is 2.56. The third-order valence-corrected chi connectivity index (χ3v) is 3.99. The molecule has 3 rings (SSSR count). The Morgan fingerprint density at radius 3 is 2.57 bits per heavy atom. The van der Waals surface area contributed by atoms with Gasteiger partial charge in [-0.05, 0) is 59.5 Å². The van der Waals surface area contributed by atoms with Gasteiger partial charge in [0.25, 0.3) is 0 Å². The lowest BCUT2D eigenvalue weighted by Gasteiger charge is -2.11. The van der Waals surface area contributed by atoms with Crippen molar-refractivity contribution in [2.45, 2.75) is 13.3 Å². The first kappa shape index (κ1) is 15.6. The Labute approximate surface area is 140 Å². The van der Waals surface area contributed by atoms with Gasteiger partial charge in [0.2, 0.25) is 0 Å². The smallest absolute Gasteiger partial charge is 0.338 e. The molecular weight excluding hydrogens is 308 g/mol. The second-order valence-corrected chi connectivity index (χ2v) is 5.82. The van der Waals surface area contributed by atoms with E-state index in [-0.39, 0.29) is 5.97 Å². The van der Waals surface area contributed by atoms with Crippen molar-refractivity contribution in [3.05, 3.63) is 82.4 Å². The van der Waals surface area contributed by atoms with Crippen LogP contribution in [0.1, 0.15) is 28.4 Å². The molecule has 0 atom stereocenters. The summed E-state index contributed by atoms with van der Waals surface area (Å²) < 4.78 is 5.14. The van der Waals surface area contributed by atoms with Gasteiger partial charge in [0.15, 0.2) is 0 Å². The van der Waals surface area contributed by atoms with Crippen LogP contribution in [0.4, 0.5) is 0 Å². The summed E-state index contributed by atoms with van der Waals surface area (Å²) in [5.74, 6) is -0.293. The summed E-state index contributed by atoms with van der Waals surface area (Å²) in [6.07, 6.45) is 0.741. The van der Waals surface area contributed by atoms with E-state index < -0.39 is 0 Å². The molecule has 3 aromatic carbocycles. The van der Waals surface area contributed by atoms with E-state index in [1.807, 2.05) is 55.5 Å². The van der Waals surface area contributed by atoms with E-state index >= 15 is 0 Å². The van der Waals surface area contributed by atoms with E-state index in [0.29, 0.717) is 17.2 Å². The molecule has 0 fully saturated rings. The molecule has 0 spiro atoms. The number of halogens is 1. The second kappa shape index (κ2) is 6.84. The van der Waals surface area contributed by atoms with Gasteiger partial charge in [-0.25, -0.2) is 4.79 Å². The zero-order valence-corrected chi connectivity index (χ0v) is 13.6. The Kier molecular flexibility index (Phi) is 4.63. The number of esters is 1. The highest BCUT2D eigenvalue weighted by atomic mass is 35.5. The SMILES string of the molecule is CCOC(=O)c1cc(Cc2ccccc2)c2cc(Cl)ccc2c1. The molecule has 0 amide bonds. The van der Waals surface area contributed by atoms with E-state index in [1.54, 1.807) is 0 Å². The fourth-order valence-electron chi connectivity index (χ4n) is 2.70. The summed E-state index contributed by atoms with van der Waals surface area (Å²) in [4.78, 5) is 12.1. The van der Waals surface area contributed by atoms with Crippen LogP contribution in [0.5, 0.6) is 0 Å². The summed E-state index contributed by atoms with van der Waals surface area (Å²) >= 11 is 6.15. The molecule has 0 aromatic heterocycles. The summed E-state index contributed by atoms with van der Waals surface area (Å²) in [5, 5.41) is 2.75. The molecule has 0 unspecified atom stereocenters. The zero-order chi connectivity index (χ0) is 16.2. The fraction of sp³-hybridized carbons (Fsp3) is 0.150. The van der Waals surface area contributed by atoms with Gasteiger partial charge in [-0.1, -0.05) is 48.0 Å². The number of carbonyl (C=O) groups is 1. The third-order valence-electron chi connectivity index (χ3n) is 3.75. The molecule has 0 heterocycles. The zero-order valence-electron chi connectivity index (χ0n) is 12.9. The van der Waals surface area contributed by atoms with Gasteiger partial charge in [-0.15, -0.1) is 0 Å². The van der Waals surface area contributed by atoms with Crippen molar-refractivity contribution in [2.75, 3.05) is 6.61 Å². The highest BCUT2D eigenvalue weighted by Crippen LogP contribution is 2.27. The second-order valence-electron chi connectivity index (χ2n) is 5.38. The number of carbonyl (C=O) groups excluding carboxylic acids is 1. The monoisotopic (exact) mass is 324 g/mol. The normalized spacial score (nSPS) is 10.7. The molecule has 0 N–H and O–H groups in total. The van der Waals surface area contributed by atoms with Crippen LogP contribution in [0.3, 0.4) is 0 Å². The number of ether oxygens (including phenoxy) is 1. The van der Waals surface area contributed by atoms with Crippen LogP contribution < -0.4 is 0 Å². The molecule has 0 saturated heterocycles. The van der Waals surface area contributed by atoms with Crippen LogP contribution >= 0.6 is 11.6 Å². The lowest BCUT2D eigenvalue weighted by molar-refractivity contribution is 0.0526. The summed E-state index contributed by atoms with van der Waals surface area (Å²) in [7, 11) is 0. The van der Waals surface area contributed by atoms with Crippen molar-refractivity contribution in [2.24, 2.45) is 0 Å². The molecular formula is C20H17ClO2. The van der Waals surface area contributed by atoms with Crippen molar-refractivity contribution < 1.29 is 9.53 Å². The van der Waals surface area contributed by atoms with Crippen LogP contribution in [0.15, 0.2) is 60.7 Å². The maximum absolute atomic E-state index is 12.1. The van der Waals surface area contributed by atoms with Gasteiger partial charge in [-0.3, -0.25) is 0 Å². The standard InChI is InChI=1S/C20H17ClO2/c1-2-23-20(22)17-11-15-8-9-18(21)13-19(15)16(12-17)10-14-6-4-3-5-7-14/h3-9,11-13H,2,10H2,1H3.